The van der Waals surface area contributed by atoms with Crippen LogP contribution in [-0.4, -0.2) is 15.1 Å². The Balaban J connectivity index is 2.51. The monoisotopic (exact) mass is 177 g/mol. The molecular weight excluding hydrogens is 170 g/mol. The lowest BCUT2D eigenvalue weighted by atomic mass is 10.2. The molecule has 1 aromatic heterocycles. The molecule has 2 aromatic rings. The van der Waals surface area contributed by atoms with Crippen molar-refractivity contribution in [3.63, 3.8) is 0 Å². The first-order valence-corrected chi connectivity index (χ1v) is 3.81. The molecule has 0 amide bonds. The summed E-state index contributed by atoms with van der Waals surface area (Å²) in [6.07, 6.45) is 0. The van der Waals surface area contributed by atoms with Gasteiger partial charge >= 0.3 is 0 Å². The summed E-state index contributed by atoms with van der Waals surface area (Å²) in [5, 5.41) is 17.7. The van der Waals surface area contributed by atoms with Gasteiger partial charge in [-0.3, -0.25) is 15.2 Å². The quantitative estimate of drug-likeness (QED) is 0.555. The van der Waals surface area contributed by atoms with Gasteiger partial charge in [0.25, 0.3) is 0 Å². The molecule has 0 spiro atoms. The molecule has 13 heavy (non-hydrogen) atoms. The van der Waals surface area contributed by atoms with E-state index in [9.17, 15) is 10.1 Å². The molecule has 0 aliphatic carbocycles. The lowest BCUT2D eigenvalue weighted by molar-refractivity contribution is -0.497. The van der Waals surface area contributed by atoms with Crippen molar-refractivity contribution in [3.8, 4) is 0 Å². The normalized spacial score (nSPS) is 10.5. The maximum absolute atomic E-state index is 10.3. The molecule has 0 atom stereocenters. The molecule has 0 radical (unpaired) electrons. The summed E-state index contributed by atoms with van der Waals surface area (Å²) >= 11 is 0. The second-order valence-electron chi connectivity index (χ2n) is 2.71. The predicted molar refractivity (Wildman–Crippen MR) is 46.8 cm³/mol. The number of nitrogens with zero attached hydrogens (tertiary/aromatic N) is 2. The Morgan fingerprint density at radius 1 is 1.46 bits per heavy atom. The Hall–Kier alpha value is -1.91. The largest absolute Gasteiger partial charge is 0.275 e. The Bertz CT molecular complexity index is 449. The summed E-state index contributed by atoms with van der Waals surface area (Å²) in [6.45, 7) is -0.208. The van der Waals surface area contributed by atoms with Crippen LogP contribution in [0.15, 0.2) is 24.3 Å². The summed E-state index contributed by atoms with van der Waals surface area (Å²) in [7, 11) is 0. The average molecular weight is 177 g/mol. The van der Waals surface area contributed by atoms with Gasteiger partial charge in [-0.05, 0) is 6.07 Å². The van der Waals surface area contributed by atoms with Crippen LogP contribution in [0.2, 0.25) is 0 Å². The third-order valence-corrected chi connectivity index (χ3v) is 1.83. The number of rotatable bonds is 2. The van der Waals surface area contributed by atoms with Gasteiger partial charge in [-0.25, -0.2) is 0 Å². The molecule has 0 bridgehead atoms. The zero-order chi connectivity index (χ0) is 9.26. The highest BCUT2D eigenvalue weighted by atomic mass is 16.6. The third-order valence-electron chi connectivity index (χ3n) is 1.83. The molecule has 1 aromatic carbocycles. The SMILES string of the molecule is O=[N+]([O-])Cc1[nH]nc2ccccc12. The standard InChI is InChI=1S/C8H7N3O2/c12-11(13)5-8-6-3-1-2-4-7(6)9-10-8/h1-4H,5H2,(H,9,10). The van der Waals surface area contributed by atoms with Crippen molar-refractivity contribution in [1.82, 2.24) is 10.2 Å². The number of hydrogen-bond acceptors (Lipinski definition) is 3. The van der Waals surface area contributed by atoms with Gasteiger partial charge in [0.15, 0.2) is 0 Å². The zero-order valence-electron chi connectivity index (χ0n) is 6.73. The van der Waals surface area contributed by atoms with Crippen LogP contribution in [0.5, 0.6) is 0 Å². The van der Waals surface area contributed by atoms with Crippen LogP contribution >= 0.6 is 0 Å². The fourth-order valence-electron chi connectivity index (χ4n) is 1.26. The first-order chi connectivity index (χ1) is 6.27. The van der Waals surface area contributed by atoms with Crippen molar-refractivity contribution in [3.05, 3.63) is 40.1 Å². The molecule has 0 saturated carbocycles. The minimum Gasteiger partial charge on any atom is -0.275 e. The van der Waals surface area contributed by atoms with E-state index in [1.807, 2.05) is 24.3 Å². The van der Waals surface area contributed by atoms with Crippen molar-refractivity contribution < 1.29 is 4.92 Å². The first-order valence-electron chi connectivity index (χ1n) is 3.81. The summed E-state index contributed by atoms with van der Waals surface area (Å²) in [6, 6.07) is 7.31. The lowest BCUT2D eigenvalue weighted by Gasteiger charge is -1.90. The summed E-state index contributed by atoms with van der Waals surface area (Å²) in [4.78, 5) is 9.89. The van der Waals surface area contributed by atoms with E-state index in [4.69, 9.17) is 0 Å². The fraction of sp³-hybridized carbons (Fsp3) is 0.125. The van der Waals surface area contributed by atoms with Crippen LogP contribution in [0.25, 0.3) is 10.9 Å². The molecular formula is C8H7N3O2. The van der Waals surface area contributed by atoms with Gasteiger partial charge in [-0.15, -0.1) is 0 Å². The Labute approximate surface area is 73.5 Å². The van der Waals surface area contributed by atoms with E-state index in [0.29, 0.717) is 5.69 Å². The number of aromatic amines is 1. The van der Waals surface area contributed by atoms with E-state index in [0.717, 1.165) is 10.9 Å². The van der Waals surface area contributed by atoms with Crippen molar-refractivity contribution in [2.45, 2.75) is 6.54 Å². The van der Waals surface area contributed by atoms with Crippen LogP contribution in [0, 0.1) is 10.1 Å². The zero-order valence-corrected chi connectivity index (χ0v) is 6.73. The van der Waals surface area contributed by atoms with E-state index in [2.05, 4.69) is 10.2 Å². The van der Waals surface area contributed by atoms with Gasteiger partial charge in [0.2, 0.25) is 6.54 Å². The molecule has 2 rings (SSSR count). The van der Waals surface area contributed by atoms with Gasteiger partial charge in [-0.2, -0.15) is 5.10 Å². The van der Waals surface area contributed by atoms with E-state index in [1.165, 1.54) is 0 Å². The maximum Gasteiger partial charge on any atom is 0.245 e. The first kappa shape index (κ1) is 7.72. The third kappa shape index (κ3) is 1.35. The Morgan fingerprint density at radius 2 is 2.23 bits per heavy atom. The van der Waals surface area contributed by atoms with Crippen LogP contribution in [0.1, 0.15) is 5.69 Å². The van der Waals surface area contributed by atoms with E-state index >= 15 is 0 Å². The number of nitrogens with one attached hydrogen (secondary N) is 1. The highest BCUT2D eigenvalue weighted by Gasteiger charge is 2.08. The van der Waals surface area contributed by atoms with E-state index in [-0.39, 0.29) is 11.5 Å². The fourth-order valence-corrected chi connectivity index (χ4v) is 1.26. The smallest absolute Gasteiger partial charge is 0.245 e. The minimum atomic E-state index is -0.375. The van der Waals surface area contributed by atoms with Crippen LogP contribution in [0.3, 0.4) is 0 Å². The number of H-pyrrole nitrogens is 1. The summed E-state index contributed by atoms with van der Waals surface area (Å²) < 4.78 is 0. The van der Waals surface area contributed by atoms with E-state index < -0.39 is 0 Å². The van der Waals surface area contributed by atoms with Gasteiger partial charge < -0.3 is 0 Å². The lowest BCUT2D eigenvalue weighted by Crippen LogP contribution is -1.98. The number of benzene rings is 1. The molecule has 0 saturated heterocycles. The van der Waals surface area contributed by atoms with Gasteiger partial charge in [0.1, 0.15) is 5.69 Å². The number of para-hydroxylation sites is 1. The van der Waals surface area contributed by atoms with E-state index in [1.54, 1.807) is 0 Å². The highest BCUT2D eigenvalue weighted by molar-refractivity contribution is 5.80. The predicted octanol–water partition coefficient (Wildman–Crippen LogP) is 1.34. The van der Waals surface area contributed by atoms with Crippen LogP contribution < -0.4 is 0 Å². The molecule has 0 aliphatic heterocycles. The molecule has 1 heterocycles. The molecule has 66 valence electrons. The Morgan fingerprint density at radius 3 is 3.00 bits per heavy atom. The molecule has 0 aliphatic rings. The van der Waals surface area contributed by atoms with Crippen LogP contribution in [-0.2, 0) is 6.54 Å². The molecule has 0 unspecified atom stereocenters. The number of aromatic nitrogens is 2. The average Bonchev–Trinajstić information content (AvgIpc) is 2.48. The maximum atomic E-state index is 10.3. The van der Waals surface area contributed by atoms with Gasteiger partial charge in [0.05, 0.1) is 5.52 Å². The van der Waals surface area contributed by atoms with Gasteiger partial charge in [0, 0.05) is 10.3 Å². The summed E-state index contributed by atoms with van der Waals surface area (Å²) in [5.41, 5.74) is 1.32. The number of nitro groups is 1. The van der Waals surface area contributed by atoms with Crippen LogP contribution in [0.4, 0.5) is 0 Å². The number of fused-ring (bicyclic) bond motifs is 1. The van der Waals surface area contributed by atoms with Crippen molar-refractivity contribution >= 4 is 10.9 Å². The number of hydrogen-bond donors (Lipinski definition) is 1. The molecule has 0 fully saturated rings. The molecule has 5 heteroatoms. The van der Waals surface area contributed by atoms with Crippen molar-refractivity contribution in [1.29, 1.82) is 0 Å². The van der Waals surface area contributed by atoms with Gasteiger partial charge in [-0.1, -0.05) is 18.2 Å². The summed E-state index contributed by atoms with van der Waals surface area (Å²) in [5.74, 6) is 0. The molecule has 1 N–H and O–H groups in total. The second kappa shape index (κ2) is 2.85. The minimum absolute atomic E-state index is 0.208. The molecule has 5 nitrogen and oxygen atoms in total. The van der Waals surface area contributed by atoms with Crippen molar-refractivity contribution in [2.75, 3.05) is 0 Å². The topological polar surface area (TPSA) is 71.8 Å². The Kier molecular flexibility index (Phi) is 1.70. The highest BCUT2D eigenvalue weighted by Crippen LogP contribution is 2.15. The second-order valence-corrected chi connectivity index (χ2v) is 2.71. The van der Waals surface area contributed by atoms with Crippen molar-refractivity contribution in [2.24, 2.45) is 0 Å².